The maximum Gasteiger partial charge on any atom is 0.287 e. The number of furan rings is 1. The van der Waals surface area contributed by atoms with Gasteiger partial charge in [-0.15, -0.1) is 0 Å². The zero-order valence-electron chi connectivity index (χ0n) is 18.0. The summed E-state index contributed by atoms with van der Waals surface area (Å²) in [7, 11) is 0. The fourth-order valence-electron chi connectivity index (χ4n) is 2.88. The van der Waals surface area contributed by atoms with E-state index in [9.17, 15) is 9.59 Å². The quantitative estimate of drug-likeness (QED) is 0.426. The molecule has 2 aromatic carbocycles. The van der Waals surface area contributed by atoms with Crippen molar-refractivity contribution in [2.75, 3.05) is 23.9 Å². The first-order chi connectivity index (χ1) is 15.6. The first-order valence-corrected chi connectivity index (χ1v) is 11.6. The van der Waals surface area contributed by atoms with Gasteiger partial charge in [0.05, 0.1) is 12.9 Å². The van der Waals surface area contributed by atoms with Gasteiger partial charge in [0.15, 0.2) is 5.76 Å². The second-order valence-corrected chi connectivity index (χ2v) is 7.79. The predicted octanol–water partition coefficient (Wildman–Crippen LogP) is 4.96. The summed E-state index contributed by atoms with van der Waals surface area (Å²) in [4.78, 5) is 25.1. The third-order valence-corrected chi connectivity index (χ3v) is 5.11. The Hall–Kier alpha value is -3.39. The maximum absolute atomic E-state index is 12.8. The minimum Gasteiger partial charge on any atom is -0.494 e. The molecule has 0 bridgehead atoms. The Labute approximate surface area is 191 Å². The lowest BCUT2D eigenvalue weighted by atomic mass is 10.2. The summed E-state index contributed by atoms with van der Waals surface area (Å²) in [6.45, 7) is 2.54. The Balaban J connectivity index is 1.59. The summed E-state index contributed by atoms with van der Waals surface area (Å²) in [6, 6.07) is 16.9. The second kappa shape index (κ2) is 11.9. The van der Waals surface area contributed by atoms with Crippen molar-refractivity contribution in [1.29, 1.82) is 0 Å². The van der Waals surface area contributed by atoms with Gasteiger partial charge >= 0.3 is 0 Å². The Bertz CT molecular complexity index is 988. The zero-order chi connectivity index (χ0) is 22.8. The SMILES string of the molecule is CCOc1ccc(Oc2ccc(NC(=O)[C@H](CCSC)NC(=O)c3ccco3)cc2)cc1. The smallest absolute Gasteiger partial charge is 0.287 e. The zero-order valence-corrected chi connectivity index (χ0v) is 18.8. The van der Waals surface area contributed by atoms with Gasteiger partial charge in [-0.05, 0) is 86.0 Å². The summed E-state index contributed by atoms with van der Waals surface area (Å²) < 4.78 is 16.4. The highest BCUT2D eigenvalue weighted by molar-refractivity contribution is 7.98. The van der Waals surface area contributed by atoms with Crippen LogP contribution in [0.15, 0.2) is 71.3 Å². The molecule has 0 fully saturated rings. The van der Waals surface area contributed by atoms with E-state index in [2.05, 4.69) is 10.6 Å². The molecule has 0 aliphatic carbocycles. The largest absolute Gasteiger partial charge is 0.494 e. The van der Waals surface area contributed by atoms with Crippen molar-refractivity contribution in [2.45, 2.75) is 19.4 Å². The number of rotatable bonds is 11. The van der Waals surface area contributed by atoms with Gasteiger partial charge in [-0.2, -0.15) is 11.8 Å². The van der Waals surface area contributed by atoms with E-state index in [1.165, 1.54) is 6.26 Å². The van der Waals surface area contributed by atoms with Crippen LogP contribution in [0.25, 0.3) is 0 Å². The molecule has 1 aromatic heterocycles. The van der Waals surface area contributed by atoms with Crippen molar-refractivity contribution in [3.63, 3.8) is 0 Å². The van der Waals surface area contributed by atoms with Crippen LogP contribution in [0.3, 0.4) is 0 Å². The van der Waals surface area contributed by atoms with Crippen LogP contribution in [0.4, 0.5) is 5.69 Å². The molecule has 32 heavy (non-hydrogen) atoms. The minimum atomic E-state index is -0.681. The minimum absolute atomic E-state index is 0.169. The molecule has 0 aliphatic heterocycles. The monoisotopic (exact) mass is 454 g/mol. The van der Waals surface area contributed by atoms with Crippen LogP contribution in [-0.4, -0.2) is 36.5 Å². The van der Waals surface area contributed by atoms with Crippen LogP contribution in [0.1, 0.15) is 23.9 Å². The highest BCUT2D eigenvalue weighted by Crippen LogP contribution is 2.25. The van der Waals surface area contributed by atoms with E-state index in [0.29, 0.717) is 30.2 Å². The van der Waals surface area contributed by atoms with E-state index >= 15 is 0 Å². The van der Waals surface area contributed by atoms with Gasteiger partial charge in [-0.1, -0.05) is 0 Å². The van der Waals surface area contributed by atoms with Gasteiger partial charge in [-0.25, -0.2) is 0 Å². The van der Waals surface area contributed by atoms with Gasteiger partial charge < -0.3 is 24.5 Å². The number of nitrogens with one attached hydrogen (secondary N) is 2. The summed E-state index contributed by atoms with van der Waals surface area (Å²) in [5.74, 6) is 2.29. The molecule has 0 radical (unpaired) electrons. The lowest BCUT2D eigenvalue weighted by Gasteiger charge is -2.17. The molecule has 0 aliphatic rings. The first-order valence-electron chi connectivity index (χ1n) is 10.2. The fourth-order valence-corrected chi connectivity index (χ4v) is 3.36. The van der Waals surface area contributed by atoms with E-state index in [0.717, 1.165) is 11.5 Å². The molecular formula is C24H26N2O5S. The molecule has 1 heterocycles. The lowest BCUT2D eigenvalue weighted by Crippen LogP contribution is -2.44. The molecule has 168 valence electrons. The van der Waals surface area contributed by atoms with Crippen molar-refractivity contribution >= 4 is 29.3 Å². The molecule has 0 saturated carbocycles. The molecule has 0 saturated heterocycles. The van der Waals surface area contributed by atoms with Gasteiger partial charge in [0.1, 0.15) is 23.3 Å². The normalized spacial score (nSPS) is 11.4. The number of hydrogen-bond acceptors (Lipinski definition) is 6. The van der Waals surface area contributed by atoms with Crippen molar-refractivity contribution in [3.8, 4) is 17.2 Å². The Morgan fingerprint density at radius 3 is 2.25 bits per heavy atom. The number of ether oxygens (including phenoxy) is 2. The van der Waals surface area contributed by atoms with Crippen molar-refractivity contribution in [2.24, 2.45) is 0 Å². The van der Waals surface area contributed by atoms with Crippen LogP contribution in [0.2, 0.25) is 0 Å². The van der Waals surface area contributed by atoms with E-state index in [1.54, 1.807) is 48.2 Å². The number of benzene rings is 2. The maximum atomic E-state index is 12.8. The summed E-state index contributed by atoms with van der Waals surface area (Å²) in [6.07, 6.45) is 3.87. The van der Waals surface area contributed by atoms with E-state index in [-0.39, 0.29) is 11.7 Å². The summed E-state index contributed by atoms with van der Waals surface area (Å²) >= 11 is 1.61. The number of hydrogen-bond donors (Lipinski definition) is 2. The Morgan fingerprint density at radius 1 is 1.00 bits per heavy atom. The highest BCUT2D eigenvalue weighted by Gasteiger charge is 2.22. The van der Waals surface area contributed by atoms with Crippen LogP contribution in [0, 0.1) is 0 Å². The third-order valence-electron chi connectivity index (χ3n) is 4.47. The van der Waals surface area contributed by atoms with Crippen molar-refractivity contribution in [3.05, 3.63) is 72.7 Å². The van der Waals surface area contributed by atoms with Gasteiger partial charge in [0, 0.05) is 5.69 Å². The summed E-state index contributed by atoms with van der Waals surface area (Å²) in [5, 5.41) is 5.59. The number of thioether (sulfide) groups is 1. The molecule has 7 nitrogen and oxygen atoms in total. The van der Waals surface area contributed by atoms with E-state index in [4.69, 9.17) is 13.9 Å². The fraction of sp³-hybridized carbons (Fsp3) is 0.250. The highest BCUT2D eigenvalue weighted by atomic mass is 32.2. The van der Waals surface area contributed by atoms with E-state index < -0.39 is 11.9 Å². The molecule has 2 amide bonds. The number of anilines is 1. The van der Waals surface area contributed by atoms with Crippen molar-refractivity contribution < 1.29 is 23.5 Å². The van der Waals surface area contributed by atoms with Crippen LogP contribution in [-0.2, 0) is 4.79 Å². The number of carbonyl (C=O) groups is 2. The average molecular weight is 455 g/mol. The van der Waals surface area contributed by atoms with Gasteiger partial charge in [0.25, 0.3) is 5.91 Å². The van der Waals surface area contributed by atoms with Gasteiger partial charge in [0.2, 0.25) is 5.91 Å². The molecule has 1 atom stereocenters. The molecule has 8 heteroatoms. The van der Waals surface area contributed by atoms with E-state index in [1.807, 2.05) is 37.4 Å². The Morgan fingerprint density at radius 2 is 1.66 bits per heavy atom. The van der Waals surface area contributed by atoms with Crippen LogP contribution >= 0.6 is 11.8 Å². The first kappa shape index (κ1) is 23.3. The predicted molar refractivity (Wildman–Crippen MR) is 126 cm³/mol. The molecule has 2 N–H and O–H groups in total. The van der Waals surface area contributed by atoms with Crippen LogP contribution < -0.4 is 20.1 Å². The molecule has 3 rings (SSSR count). The lowest BCUT2D eigenvalue weighted by molar-refractivity contribution is -0.118. The molecule has 0 spiro atoms. The van der Waals surface area contributed by atoms with Crippen molar-refractivity contribution in [1.82, 2.24) is 5.32 Å². The molecule has 3 aromatic rings. The average Bonchev–Trinajstić information content (AvgIpc) is 3.34. The van der Waals surface area contributed by atoms with Gasteiger partial charge in [-0.3, -0.25) is 9.59 Å². The Kier molecular flexibility index (Phi) is 8.62. The number of carbonyl (C=O) groups excluding carboxylic acids is 2. The second-order valence-electron chi connectivity index (χ2n) is 6.80. The standard InChI is InChI=1S/C24H26N2O5S/c1-3-29-18-10-12-20(13-11-18)31-19-8-6-17(7-9-19)25-23(27)21(14-16-32-2)26-24(28)22-5-4-15-30-22/h4-13,15,21H,3,14,16H2,1-2H3,(H,25,27)(H,26,28)/t21-/m0/s1. The molecular weight excluding hydrogens is 428 g/mol. The molecule has 0 unspecified atom stereocenters. The van der Waals surface area contributed by atoms with Crippen LogP contribution in [0.5, 0.6) is 17.2 Å². The summed E-state index contributed by atoms with van der Waals surface area (Å²) in [5.41, 5.74) is 0.607. The number of amides is 2. The third kappa shape index (κ3) is 6.81. The topological polar surface area (TPSA) is 89.8 Å².